The van der Waals surface area contributed by atoms with E-state index in [1.165, 1.54) is 29.7 Å². The minimum atomic E-state index is -0.253. The van der Waals surface area contributed by atoms with Crippen LogP contribution in [0.4, 0.5) is 5.82 Å². The molecule has 2 aromatic rings. The van der Waals surface area contributed by atoms with Gasteiger partial charge in [0.1, 0.15) is 5.82 Å². The van der Waals surface area contributed by atoms with Crippen molar-refractivity contribution in [3.05, 3.63) is 28.9 Å². The molecule has 1 spiro atoms. The Morgan fingerprint density at radius 2 is 2.11 bits per heavy atom. The second-order valence-corrected chi connectivity index (χ2v) is 9.39. The number of nitrogens with two attached hydrogens (primary N) is 1. The molecule has 1 saturated carbocycles. The zero-order valence-corrected chi connectivity index (χ0v) is 16.8. The van der Waals surface area contributed by atoms with Crippen LogP contribution in [0.15, 0.2) is 18.5 Å². The van der Waals surface area contributed by atoms with Gasteiger partial charge in [0.15, 0.2) is 0 Å². The van der Waals surface area contributed by atoms with E-state index in [0.717, 1.165) is 56.0 Å². The number of ether oxygens (including phenoxy) is 1. The lowest BCUT2D eigenvalue weighted by atomic mass is 9.80. The van der Waals surface area contributed by atoms with Crippen molar-refractivity contribution in [2.75, 3.05) is 25.4 Å². The number of rotatable bonds is 3. The summed E-state index contributed by atoms with van der Waals surface area (Å²) in [5.74, 6) is 1.39. The zero-order chi connectivity index (χ0) is 19.1. The fourth-order valence-electron chi connectivity index (χ4n) is 4.61. The lowest BCUT2D eigenvalue weighted by Crippen LogP contribution is -2.48. The molecule has 0 radical (unpaired) electrons. The maximum absolute atomic E-state index is 12.6. The minimum Gasteiger partial charge on any atom is -0.382 e. The number of nitrogen functional groups attached to an aromatic ring is 1. The normalized spacial score (nSPS) is 21.4. The second kappa shape index (κ2) is 7.12. The first-order chi connectivity index (χ1) is 13.6. The Hall–Kier alpha value is -1.99. The third-order valence-electron chi connectivity index (χ3n) is 6.54. The molecule has 6 nitrogen and oxygen atoms in total. The summed E-state index contributed by atoms with van der Waals surface area (Å²) in [4.78, 5) is 25.8. The number of thiophene rings is 1. The van der Waals surface area contributed by atoms with Gasteiger partial charge in [0.2, 0.25) is 5.91 Å². The number of aromatic nitrogens is 2. The number of nitrogens with zero attached hydrogens (tertiary/aromatic N) is 3. The maximum Gasteiger partial charge on any atom is 0.222 e. The molecule has 28 heavy (non-hydrogen) atoms. The van der Waals surface area contributed by atoms with Crippen LogP contribution in [-0.4, -0.2) is 40.5 Å². The molecule has 148 valence electrons. The van der Waals surface area contributed by atoms with Gasteiger partial charge in [-0.05, 0) is 43.2 Å². The Bertz CT molecular complexity index is 867. The summed E-state index contributed by atoms with van der Waals surface area (Å²) < 4.78 is 6.36. The average molecular weight is 399 g/mol. The van der Waals surface area contributed by atoms with Crippen molar-refractivity contribution in [3.63, 3.8) is 0 Å². The highest BCUT2D eigenvalue weighted by molar-refractivity contribution is 7.15. The topological polar surface area (TPSA) is 81.3 Å². The summed E-state index contributed by atoms with van der Waals surface area (Å²) in [6.45, 7) is 2.33. The molecule has 2 fully saturated rings. The average Bonchev–Trinajstić information content (AvgIpc) is 3.12. The van der Waals surface area contributed by atoms with Gasteiger partial charge in [-0.3, -0.25) is 4.79 Å². The van der Waals surface area contributed by atoms with Crippen LogP contribution in [0.1, 0.15) is 49.0 Å². The van der Waals surface area contributed by atoms with Gasteiger partial charge in [0.05, 0.1) is 35.2 Å². The molecule has 0 bridgehead atoms. The van der Waals surface area contributed by atoms with E-state index in [1.54, 1.807) is 23.7 Å². The largest absolute Gasteiger partial charge is 0.382 e. The number of hydrogen-bond donors (Lipinski definition) is 1. The van der Waals surface area contributed by atoms with E-state index in [-0.39, 0.29) is 5.60 Å². The first-order valence-corrected chi connectivity index (χ1v) is 11.1. The highest BCUT2D eigenvalue weighted by Crippen LogP contribution is 2.46. The molecule has 2 aromatic heterocycles. The van der Waals surface area contributed by atoms with Gasteiger partial charge in [0, 0.05) is 30.8 Å². The number of carbonyl (C=O) groups excluding carboxylic acids is 1. The predicted molar refractivity (Wildman–Crippen MR) is 109 cm³/mol. The molecular weight excluding hydrogens is 372 g/mol. The number of likely N-dealkylation sites (tertiary alicyclic amines) is 1. The molecule has 7 heteroatoms. The van der Waals surface area contributed by atoms with Crippen molar-refractivity contribution in [2.24, 2.45) is 5.92 Å². The summed E-state index contributed by atoms with van der Waals surface area (Å²) in [7, 11) is 0. The van der Waals surface area contributed by atoms with Crippen LogP contribution in [0.25, 0.3) is 10.6 Å². The van der Waals surface area contributed by atoms with Gasteiger partial charge in [0.25, 0.3) is 0 Å². The number of hydrogen-bond acceptors (Lipinski definition) is 6. The summed E-state index contributed by atoms with van der Waals surface area (Å²) in [5.41, 5.74) is 7.57. The van der Waals surface area contributed by atoms with E-state index < -0.39 is 0 Å². The molecular formula is C21H26N4O2S. The van der Waals surface area contributed by atoms with Crippen molar-refractivity contribution in [1.29, 1.82) is 0 Å². The van der Waals surface area contributed by atoms with Crippen LogP contribution in [0.5, 0.6) is 0 Å². The Morgan fingerprint density at radius 3 is 2.79 bits per heavy atom. The van der Waals surface area contributed by atoms with E-state index in [2.05, 4.69) is 20.9 Å². The van der Waals surface area contributed by atoms with E-state index in [0.29, 0.717) is 17.6 Å². The van der Waals surface area contributed by atoms with Crippen LogP contribution in [0.3, 0.4) is 0 Å². The molecule has 1 aliphatic carbocycles. The Labute approximate surface area is 169 Å². The van der Waals surface area contributed by atoms with Crippen molar-refractivity contribution in [3.8, 4) is 10.6 Å². The van der Waals surface area contributed by atoms with E-state index >= 15 is 0 Å². The highest BCUT2D eigenvalue weighted by atomic mass is 32.1. The molecule has 0 unspecified atom stereocenters. The molecule has 0 aromatic carbocycles. The summed E-state index contributed by atoms with van der Waals surface area (Å²) in [6.07, 6.45) is 10.5. The van der Waals surface area contributed by atoms with Crippen molar-refractivity contribution >= 4 is 23.1 Å². The van der Waals surface area contributed by atoms with Gasteiger partial charge < -0.3 is 15.4 Å². The zero-order valence-electron chi connectivity index (χ0n) is 16.0. The summed E-state index contributed by atoms with van der Waals surface area (Å²) >= 11 is 1.78. The quantitative estimate of drug-likeness (QED) is 0.857. The van der Waals surface area contributed by atoms with Crippen molar-refractivity contribution in [1.82, 2.24) is 14.9 Å². The number of fused-ring (bicyclic) bond motifs is 2. The lowest BCUT2D eigenvalue weighted by Gasteiger charge is -2.44. The highest BCUT2D eigenvalue weighted by Gasteiger charge is 2.43. The summed E-state index contributed by atoms with van der Waals surface area (Å²) in [6, 6.07) is 2.23. The fourth-order valence-corrected chi connectivity index (χ4v) is 5.80. The predicted octanol–water partition coefficient (Wildman–Crippen LogP) is 3.37. The van der Waals surface area contributed by atoms with Gasteiger partial charge >= 0.3 is 0 Å². The lowest BCUT2D eigenvalue weighted by molar-refractivity contribution is -0.142. The Balaban J connectivity index is 1.33. The van der Waals surface area contributed by atoms with Crippen molar-refractivity contribution < 1.29 is 9.53 Å². The maximum atomic E-state index is 12.6. The minimum absolute atomic E-state index is 0.253. The molecule has 2 aliphatic heterocycles. The van der Waals surface area contributed by atoms with Gasteiger partial charge in [-0.25, -0.2) is 9.97 Å². The Morgan fingerprint density at radius 1 is 1.29 bits per heavy atom. The molecule has 2 N–H and O–H groups in total. The van der Waals surface area contributed by atoms with Crippen LogP contribution in [0, 0.1) is 5.92 Å². The van der Waals surface area contributed by atoms with E-state index in [1.807, 2.05) is 0 Å². The third kappa shape index (κ3) is 3.20. The number of carbonyl (C=O) groups is 1. The standard InChI is InChI=1S/C21H26N4O2S/c22-19-13-23-16(12-24-19)18-11-15-17(28-18)4-9-27-21(15)5-7-25(8-6-21)20(26)10-14-2-1-3-14/h11-14H,1-10H2,(H2,22,24). The van der Waals surface area contributed by atoms with Crippen LogP contribution < -0.4 is 5.73 Å². The van der Waals surface area contributed by atoms with Gasteiger partial charge in [-0.1, -0.05) is 6.42 Å². The summed E-state index contributed by atoms with van der Waals surface area (Å²) in [5, 5.41) is 0. The molecule has 1 amide bonds. The fraction of sp³-hybridized carbons (Fsp3) is 0.571. The first kappa shape index (κ1) is 18.1. The Kier molecular flexibility index (Phi) is 4.59. The van der Waals surface area contributed by atoms with Crippen LogP contribution in [0.2, 0.25) is 0 Å². The number of amides is 1. The number of piperidine rings is 1. The SMILES string of the molecule is Nc1cnc(-c2cc3c(s2)CCOC32CCN(C(=O)CC3CCC3)CC2)cn1. The molecule has 0 atom stereocenters. The molecule has 4 heterocycles. The third-order valence-corrected chi connectivity index (χ3v) is 7.76. The van der Waals surface area contributed by atoms with Gasteiger partial charge in [-0.15, -0.1) is 11.3 Å². The van der Waals surface area contributed by atoms with E-state index in [9.17, 15) is 4.79 Å². The van der Waals surface area contributed by atoms with E-state index in [4.69, 9.17) is 10.5 Å². The molecule has 3 aliphatic rings. The molecule has 5 rings (SSSR count). The van der Waals surface area contributed by atoms with Crippen molar-refractivity contribution in [2.45, 2.75) is 50.5 Å². The first-order valence-electron chi connectivity index (χ1n) is 10.3. The smallest absolute Gasteiger partial charge is 0.222 e. The molecule has 1 saturated heterocycles. The number of anilines is 1. The van der Waals surface area contributed by atoms with Gasteiger partial charge in [-0.2, -0.15) is 0 Å². The monoisotopic (exact) mass is 398 g/mol. The van der Waals surface area contributed by atoms with Crippen LogP contribution >= 0.6 is 11.3 Å². The second-order valence-electron chi connectivity index (χ2n) is 8.25. The van der Waals surface area contributed by atoms with Crippen LogP contribution in [-0.2, 0) is 21.6 Å².